The van der Waals surface area contributed by atoms with Crippen LogP contribution in [0.5, 0.6) is 0 Å². The summed E-state index contributed by atoms with van der Waals surface area (Å²) in [7, 11) is 0. The van der Waals surface area contributed by atoms with Gasteiger partial charge in [-0.3, -0.25) is 9.59 Å². The van der Waals surface area contributed by atoms with Crippen LogP contribution in [0.25, 0.3) is 0 Å². The number of para-hydroxylation sites is 1. The van der Waals surface area contributed by atoms with E-state index in [2.05, 4.69) is 0 Å². The molecular formula is C16H11ClFNO2. The summed E-state index contributed by atoms with van der Waals surface area (Å²) in [6, 6.07) is 11.0. The smallest absolute Gasteiger partial charge is 0.259 e. The van der Waals surface area contributed by atoms with Gasteiger partial charge in [0.05, 0.1) is 16.3 Å². The maximum absolute atomic E-state index is 13.5. The Morgan fingerprint density at radius 1 is 1.14 bits per heavy atom. The molecule has 21 heavy (non-hydrogen) atoms. The van der Waals surface area contributed by atoms with E-state index < -0.39 is 11.7 Å². The Labute approximate surface area is 125 Å². The standard InChI is InChI=1S/C16H11ClFNO2/c17-15-11(5-3-6-12(15)18)16(21)19-9-8-14(20)10-4-1-2-7-13(10)19/h1-7H,8-9H2. The lowest BCUT2D eigenvalue weighted by atomic mass is 9.99. The zero-order valence-electron chi connectivity index (χ0n) is 11.0. The maximum atomic E-state index is 13.5. The number of nitrogens with zero attached hydrogens (tertiary/aromatic N) is 1. The molecule has 1 aliphatic rings. The number of carbonyl (C=O) groups is 2. The molecule has 3 nitrogen and oxygen atoms in total. The Morgan fingerprint density at radius 2 is 1.90 bits per heavy atom. The zero-order chi connectivity index (χ0) is 15.0. The molecule has 0 aromatic heterocycles. The summed E-state index contributed by atoms with van der Waals surface area (Å²) in [4.78, 5) is 26.0. The second kappa shape index (κ2) is 5.30. The molecule has 0 unspecified atom stereocenters. The van der Waals surface area contributed by atoms with E-state index in [4.69, 9.17) is 11.6 Å². The van der Waals surface area contributed by atoms with Gasteiger partial charge in [-0.15, -0.1) is 0 Å². The summed E-state index contributed by atoms with van der Waals surface area (Å²) in [5.74, 6) is -1.04. The molecule has 1 aliphatic heterocycles. The first-order chi connectivity index (χ1) is 10.1. The van der Waals surface area contributed by atoms with E-state index >= 15 is 0 Å². The van der Waals surface area contributed by atoms with Gasteiger partial charge in [0.25, 0.3) is 5.91 Å². The summed E-state index contributed by atoms with van der Waals surface area (Å²) in [5.41, 5.74) is 1.14. The molecule has 0 saturated heterocycles. The third-order valence-electron chi connectivity index (χ3n) is 3.48. The molecule has 1 amide bonds. The van der Waals surface area contributed by atoms with Gasteiger partial charge in [0, 0.05) is 18.5 Å². The fourth-order valence-corrected chi connectivity index (χ4v) is 2.65. The van der Waals surface area contributed by atoms with Gasteiger partial charge < -0.3 is 4.90 Å². The molecule has 0 fully saturated rings. The molecule has 0 spiro atoms. The number of fused-ring (bicyclic) bond motifs is 1. The zero-order valence-corrected chi connectivity index (χ0v) is 11.7. The van der Waals surface area contributed by atoms with E-state index in [0.717, 1.165) is 0 Å². The Morgan fingerprint density at radius 3 is 2.71 bits per heavy atom. The first kappa shape index (κ1) is 13.8. The van der Waals surface area contributed by atoms with E-state index in [9.17, 15) is 14.0 Å². The van der Waals surface area contributed by atoms with Crippen LogP contribution < -0.4 is 4.90 Å². The lowest BCUT2D eigenvalue weighted by Gasteiger charge is -2.29. The minimum absolute atomic E-state index is 0.0000100. The van der Waals surface area contributed by atoms with E-state index in [-0.39, 0.29) is 29.3 Å². The van der Waals surface area contributed by atoms with Gasteiger partial charge in [-0.2, -0.15) is 0 Å². The predicted octanol–water partition coefficient (Wildman–Crippen LogP) is 3.71. The molecule has 2 aromatic rings. The van der Waals surface area contributed by atoms with Crippen LogP contribution in [-0.2, 0) is 0 Å². The second-order valence-corrected chi connectivity index (χ2v) is 5.13. The molecule has 3 rings (SSSR count). The van der Waals surface area contributed by atoms with Gasteiger partial charge in [0.1, 0.15) is 5.82 Å². The van der Waals surface area contributed by atoms with Crippen LogP contribution in [0.3, 0.4) is 0 Å². The van der Waals surface area contributed by atoms with Crippen molar-refractivity contribution in [2.45, 2.75) is 6.42 Å². The van der Waals surface area contributed by atoms with Crippen molar-refractivity contribution in [2.75, 3.05) is 11.4 Å². The average Bonchev–Trinajstić information content (AvgIpc) is 2.50. The van der Waals surface area contributed by atoms with Crippen molar-refractivity contribution in [1.29, 1.82) is 0 Å². The molecule has 1 heterocycles. The van der Waals surface area contributed by atoms with Crippen LogP contribution in [-0.4, -0.2) is 18.2 Å². The highest BCUT2D eigenvalue weighted by Gasteiger charge is 2.28. The van der Waals surface area contributed by atoms with Crippen LogP contribution >= 0.6 is 11.6 Å². The number of amides is 1. The number of carbonyl (C=O) groups excluding carboxylic acids is 2. The molecule has 0 aliphatic carbocycles. The molecule has 106 valence electrons. The third-order valence-corrected chi connectivity index (χ3v) is 3.87. The summed E-state index contributed by atoms with van der Waals surface area (Å²) >= 11 is 5.87. The van der Waals surface area contributed by atoms with Crippen molar-refractivity contribution in [2.24, 2.45) is 0 Å². The van der Waals surface area contributed by atoms with Crippen LogP contribution in [0.4, 0.5) is 10.1 Å². The Balaban J connectivity index is 2.05. The fourth-order valence-electron chi connectivity index (χ4n) is 2.44. The topological polar surface area (TPSA) is 37.4 Å². The first-order valence-electron chi connectivity index (χ1n) is 6.47. The highest BCUT2D eigenvalue weighted by Crippen LogP contribution is 2.30. The predicted molar refractivity (Wildman–Crippen MR) is 78.5 cm³/mol. The van der Waals surface area contributed by atoms with E-state index in [1.165, 1.54) is 23.1 Å². The normalized spacial score (nSPS) is 14.0. The SMILES string of the molecule is O=C1CCN(C(=O)c2cccc(F)c2Cl)c2ccccc21. The van der Waals surface area contributed by atoms with Crippen molar-refractivity contribution < 1.29 is 14.0 Å². The third kappa shape index (κ3) is 2.32. The first-order valence-corrected chi connectivity index (χ1v) is 6.85. The van der Waals surface area contributed by atoms with Gasteiger partial charge in [-0.1, -0.05) is 29.8 Å². The van der Waals surface area contributed by atoms with Crippen LogP contribution in [0.1, 0.15) is 27.1 Å². The molecule has 0 radical (unpaired) electrons. The van der Waals surface area contributed by atoms with Gasteiger partial charge in [-0.05, 0) is 24.3 Å². The van der Waals surface area contributed by atoms with Crippen LogP contribution in [0.2, 0.25) is 5.02 Å². The Hall–Kier alpha value is -2.20. The minimum Gasteiger partial charge on any atom is -0.307 e. The number of hydrogen-bond donors (Lipinski definition) is 0. The van der Waals surface area contributed by atoms with E-state index in [1.807, 2.05) is 0 Å². The van der Waals surface area contributed by atoms with Crippen molar-refractivity contribution in [3.63, 3.8) is 0 Å². The molecule has 0 atom stereocenters. The summed E-state index contributed by atoms with van der Waals surface area (Å²) in [6.07, 6.45) is 0.246. The van der Waals surface area contributed by atoms with Gasteiger partial charge in [0.15, 0.2) is 5.78 Å². The molecule has 0 bridgehead atoms. The van der Waals surface area contributed by atoms with Crippen molar-refractivity contribution in [3.8, 4) is 0 Å². The summed E-state index contributed by atoms with van der Waals surface area (Å²) in [6.45, 7) is 0.265. The van der Waals surface area contributed by atoms with Crippen LogP contribution in [0.15, 0.2) is 42.5 Å². The van der Waals surface area contributed by atoms with Crippen LogP contribution in [0, 0.1) is 5.82 Å². The Kier molecular flexibility index (Phi) is 3.47. The number of halogens is 2. The summed E-state index contributed by atoms with van der Waals surface area (Å²) < 4.78 is 13.5. The molecule has 0 N–H and O–H groups in total. The maximum Gasteiger partial charge on any atom is 0.259 e. The molecule has 5 heteroatoms. The number of ketones is 1. The van der Waals surface area contributed by atoms with Crippen molar-refractivity contribution in [1.82, 2.24) is 0 Å². The molecular weight excluding hydrogens is 293 g/mol. The average molecular weight is 304 g/mol. The van der Waals surface area contributed by atoms with E-state index in [1.54, 1.807) is 24.3 Å². The number of benzene rings is 2. The van der Waals surface area contributed by atoms with Crippen molar-refractivity contribution >= 4 is 29.0 Å². The summed E-state index contributed by atoms with van der Waals surface area (Å²) in [5, 5.41) is -0.197. The lowest BCUT2D eigenvalue weighted by Crippen LogP contribution is -2.37. The largest absolute Gasteiger partial charge is 0.307 e. The second-order valence-electron chi connectivity index (χ2n) is 4.75. The van der Waals surface area contributed by atoms with E-state index in [0.29, 0.717) is 11.3 Å². The van der Waals surface area contributed by atoms with Gasteiger partial charge in [-0.25, -0.2) is 4.39 Å². The monoisotopic (exact) mass is 303 g/mol. The minimum atomic E-state index is -0.635. The highest BCUT2D eigenvalue weighted by atomic mass is 35.5. The lowest BCUT2D eigenvalue weighted by molar-refractivity contribution is 0.0955. The van der Waals surface area contributed by atoms with Crippen molar-refractivity contribution in [3.05, 3.63) is 64.4 Å². The quantitative estimate of drug-likeness (QED) is 0.805. The van der Waals surface area contributed by atoms with Gasteiger partial charge >= 0.3 is 0 Å². The number of rotatable bonds is 1. The fraction of sp³-hybridized carbons (Fsp3) is 0.125. The number of hydrogen-bond acceptors (Lipinski definition) is 2. The number of anilines is 1. The molecule has 2 aromatic carbocycles. The van der Waals surface area contributed by atoms with Gasteiger partial charge in [0.2, 0.25) is 0 Å². The highest BCUT2D eigenvalue weighted by molar-refractivity contribution is 6.34. The molecule has 0 saturated carbocycles. The Bertz CT molecular complexity index is 745. The number of Topliss-reactive ketones (excluding diaryl/α,β-unsaturated/α-hetero) is 1.